The second-order valence-electron chi connectivity index (χ2n) is 5.93. The summed E-state index contributed by atoms with van der Waals surface area (Å²) in [7, 11) is 0. The minimum absolute atomic E-state index is 0.117. The highest BCUT2D eigenvalue weighted by Crippen LogP contribution is 2.61. The maximum atomic E-state index is 13.4. The second kappa shape index (κ2) is 8.90. The summed E-state index contributed by atoms with van der Waals surface area (Å²) >= 11 is 6.51. The van der Waals surface area contributed by atoms with Gasteiger partial charge in [-0.15, -0.1) is 0 Å². The largest absolute Gasteiger partial charge is 0.445 e. The van der Waals surface area contributed by atoms with E-state index in [1.807, 2.05) is 42.5 Å². The molecule has 2 unspecified atom stereocenters. The Labute approximate surface area is 163 Å². The van der Waals surface area contributed by atoms with Crippen LogP contribution in [0.5, 0.6) is 0 Å². The summed E-state index contributed by atoms with van der Waals surface area (Å²) in [5, 5.41) is 3.16. The maximum Gasteiger partial charge on any atom is 0.408 e. The molecular formula is C21H19ClNO3P. The van der Waals surface area contributed by atoms with Gasteiger partial charge in [-0.3, -0.25) is 4.57 Å². The van der Waals surface area contributed by atoms with Crippen LogP contribution >= 0.6 is 17.7 Å². The molecule has 0 saturated carbocycles. The van der Waals surface area contributed by atoms with Gasteiger partial charge in [-0.05, 0) is 22.4 Å². The third-order valence-electron chi connectivity index (χ3n) is 4.02. The number of benzene rings is 3. The van der Waals surface area contributed by atoms with Crippen molar-refractivity contribution in [1.29, 1.82) is 0 Å². The van der Waals surface area contributed by atoms with Crippen LogP contribution in [0.1, 0.15) is 16.9 Å². The zero-order valence-electron chi connectivity index (χ0n) is 14.5. The van der Waals surface area contributed by atoms with Crippen LogP contribution in [0.4, 0.5) is 4.79 Å². The highest BCUT2D eigenvalue weighted by atomic mass is 35.7. The van der Waals surface area contributed by atoms with Gasteiger partial charge in [-0.25, -0.2) is 4.79 Å². The van der Waals surface area contributed by atoms with E-state index in [1.54, 1.807) is 48.5 Å². The molecule has 3 aromatic rings. The van der Waals surface area contributed by atoms with Gasteiger partial charge in [-0.2, -0.15) is 0 Å². The molecule has 1 N–H and O–H groups in total. The normalized spacial score (nSPS) is 14.0. The van der Waals surface area contributed by atoms with Gasteiger partial charge in [-0.1, -0.05) is 91.0 Å². The Bertz CT molecular complexity index is 920. The molecule has 4 nitrogen and oxygen atoms in total. The SMILES string of the molecule is O=C(NC(c1ccccc1)P(=O)(Cl)c1ccccc1)OCc1ccccc1. The molecule has 0 fully saturated rings. The Morgan fingerprint density at radius 2 is 1.41 bits per heavy atom. The first-order valence-corrected chi connectivity index (χ1v) is 11.1. The topological polar surface area (TPSA) is 55.4 Å². The number of halogens is 1. The standard InChI is InChI=1S/C21H19ClNO3P/c22-27(25,19-14-8-3-9-15-19)20(18-12-6-2-7-13-18)23-21(24)26-16-17-10-4-1-5-11-17/h1-15,20H,16H2,(H,23,24). The van der Waals surface area contributed by atoms with Crippen LogP contribution in [0.3, 0.4) is 0 Å². The molecule has 27 heavy (non-hydrogen) atoms. The lowest BCUT2D eigenvalue weighted by Crippen LogP contribution is -2.30. The summed E-state index contributed by atoms with van der Waals surface area (Å²) in [6, 6.07) is 27.1. The van der Waals surface area contributed by atoms with Crippen molar-refractivity contribution in [2.45, 2.75) is 12.4 Å². The molecule has 6 heteroatoms. The van der Waals surface area contributed by atoms with E-state index in [2.05, 4.69) is 5.32 Å². The number of rotatable bonds is 6. The average molecular weight is 400 g/mol. The number of alkyl carbamates (subject to hydrolysis) is 1. The van der Waals surface area contributed by atoms with Gasteiger partial charge in [0.2, 0.25) is 6.49 Å². The van der Waals surface area contributed by atoms with E-state index < -0.39 is 18.4 Å². The van der Waals surface area contributed by atoms with E-state index in [1.165, 1.54) is 0 Å². The monoisotopic (exact) mass is 399 g/mol. The first kappa shape index (κ1) is 19.2. The van der Waals surface area contributed by atoms with Crippen molar-refractivity contribution in [1.82, 2.24) is 5.32 Å². The molecule has 0 heterocycles. The molecule has 3 rings (SSSR count). The summed E-state index contributed by atoms with van der Waals surface area (Å²) in [4.78, 5) is 12.4. The van der Waals surface area contributed by atoms with Gasteiger partial charge in [0.1, 0.15) is 12.4 Å². The average Bonchev–Trinajstić information content (AvgIpc) is 2.72. The van der Waals surface area contributed by atoms with Crippen molar-refractivity contribution in [2.24, 2.45) is 0 Å². The number of carbonyl (C=O) groups excluding carboxylic acids is 1. The molecule has 0 spiro atoms. The fraction of sp³-hybridized carbons (Fsp3) is 0.0952. The highest BCUT2D eigenvalue weighted by Gasteiger charge is 2.35. The molecule has 0 aliphatic carbocycles. The summed E-state index contributed by atoms with van der Waals surface area (Å²) in [6.45, 7) is -3.35. The zero-order valence-corrected chi connectivity index (χ0v) is 16.1. The Morgan fingerprint density at radius 3 is 2.00 bits per heavy atom. The summed E-state index contributed by atoms with van der Waals surface area (Å²) in [5.74, 6) is -0.897. The highest BCUT2D eigenvalue weighted by molar-refractivity contribution is 7.95. The van der Waals surface area contributed by atoms with Gasteiger partial charge < -0.3 is 10.1 Å². The molecule has 0 bridgehead atoms. The van der Waals surface area contributed by atoms with Gasteiger partial charge >= 0.3 is 6.09 Å². The molecular weight excluding hydrogens is 381 g/mol. The van der Waals surface area contributed by atoms with E-state index in [4.69, 9.17) is 16.0 Å². The number of carbonyl (C=O) groups is 1. The number of ether oxygens (including phenoxy) is 1. The van der Waals surface area contributed by atoms with Crippen molar-refractivity contribution in [3.63, 3.8) is 0 Å². The second-order valence-corrected chi connectivity index (χ2v) is 9.63. The van der Waals surface area contributed by atoms with Gasteiger partial charge in [0.25, 0.3) is 0 Å². The summed E-state index contributed by atoms with van der Waals surface area (Å²) in [5.41, 5.74) is 1.51. The first-order chi connectivity index (χ1) is 13.1. The van der Waals surface area contributed by atoms with Crippen LogP contribution in [0.15, 0.2) is 91.0 Å². The Morgan fingerprint density at radius 1 is 0.889 bits per heavy atom. The van der Waals surface area contributed by atoms with Gasteiger partial charge in [0.15, 0.2) is 0 Å². The van der Waals surface area contributed by atoms with Crippen LogP contribution in [0.25, 0.3) is 0 Å². The lowest BCUT2D eigenvalue weighted by Gasteiger charge is -2.24. The first-order valence-electron chi connectivity index (χ1n) is 8.44. The van der Waals surface area contributed by atoms with E-state index in [-0.39, 0.29) is 6.61 Å². The molecule has 0 aromatic heterocycles. The number of amides is 1. The van der Waals surface area contributed by atoms with Crippen molar-refractivity contribution in [3.8, 4) is 0 Å². The number of hydrogen-bond acceptors (Lipinski definition) is 3. The Kier molecular flexibility index (Phi) is 6.33. The Hall–Kier alpha value is -2.55. The maximum absolute atomic E-state index is 13.4. The summed E-state index contributed by atoms with van der Waals surface area (Å²) < 4.78 is 18.7. The lowest BCUT2D eigenvalue weighted by atomic mass is 10.2. The molecule has 0 aliphatic heterocycles. The molecule has 0 saturated heterocycles. The predicted octanol–water partition coefficient (Wildman–Crippen LogP) is 5.45. The van der Waals surface area contributed by atoms with Crippen LogP contribution < -0.4 is 10.6 Å². The Balaban J connectivity index is 1.81. The van der Waals surface area contributed by atoms with Crippen LogP contribution in [-0.2, 0) is 15.9 Å². The van der Waals surface area contributed by atoms with Gasteiger partial charge in [0.05, 0.1) is 0 Å². The van der Waals surface area contributed by atoms with Crippen LogP contribution in [0, 0.1) is 0 Å². The minimum atomic E-state index is -3.47. The van der Waals surface area contributed by atoms with E-state index in [0.29, 0.717) is 10.9 Å². The fourth-order valence-corrected chi connectivity index (χ4v) is 5.18. The van der Waals surface area contributed by atoms with Crippen molar-refractivity contribution < 1.29 is 14.1 Å². The molecule has 138 valence electrons. The van der Waals surface area contributed by atoms with Crippen molar-refractivity contribution in [2.75, 3.05) is 0 Å². The van der Waals surface area contributed by atoms with E-state index in [9.17, 15) is 9.36 Å². The fourth-order valence-electron chi connectivity index (χ4n) is 2.65. The predicted molar refractivity (Wildman–Crippen MR) is 108 cm³/mol. The molecule has 3 aromatic carbocycles. The number of nitrogens with one attached hydrogen (secondary N) is 1. The van der Waals surface area contributed by atoms with E-state index in [0.717, 1.165) is 5.56 Å². The molecule has 1 amide bonds. The van der Waals surface area contributed by atoms with Crippen LogP contribution in [0.2, 0.25) is 0 Å². The lowest BCUT2D eigenvalue weighted by molar-refractivity contribution is 0.138. The van der Waals surface area contributed by atoms with Crippen LogP contribution in [-0.4, -0.2) is 6.09 Å². The quantitative estimate of drug-likeness (QED) is 0.560. The third kappa shape index (κ3) is 5.00. The van der Waals surface area contributed by atoms with Crippen molar-refractivity contribution in [3.05, 3.63) is 102 Å². The minimum Gasteiger partial charge on any atom is -0.445 e. The number of hydrogen-bond donors (Lipinski definition) is 1. The van der Waals surface area contributed by atoms with Gasteiger partial charge in [0, 0.05) is 5.30 Å². The summed E-state index contributed by atoms with van der Waals surface area (Å²) in [6.07, 6.45) is -0.676. The molecule has 2 atom stereocenters. The van der Waals surface area contributed by atoms with E-state index >= 15 is 0 Å². The zero-order chi connectivity index (χ0) is 19.1. The smallest absolute Gasteiger partial charge is 0.408 e. The van der Waals surface area contributed by atoms with Crippen molar-refractivity contribution >= 4 is 29.1 Å². The third-order valence-corrected chi connectivity index (χ3v) is 7.29. The molecule has 0 radical (unpaired) electrons. The molecule has 0 aliphatic rings.